The molecule has 0 spiro atoms. The lowest BCUT2D eigenvalue weighted by Crippen LogP contribution is -1.89. The maximum absolute atomic E-state index is 2.27. The summed E-state index contributed by atoms with van der Waals surface area (Å²) in [5.41, 5.74) is 5.73. The van der Waals surface area contributed by atoms with Crippen molar-refractivity contribution in [3.8, 4) is 20.9 Å². The van der Waals surface area contributed by atoms with Gasteiger partial charge in [0.25, 0.3) is 0 Å². The summed E-state index contributed by atoms with van der Waals surface area (Å²) >= 11 is 1.94. The van der Waals surface area contributed by atoms with Crippen molar-refractivity contribution in [2.24, 2.45) is 0 Å². The number of thiophene rings is 1. The van der Waals surface area contributed by atoms with Crippen molar-refractivity contribution in [2.45, 2.75) is 26.7 Å². The Kier molecular flexibility index (Phi) is 4.21. The SMILES string of the molecule is CCc1c(-c2ccccc2)sc(-c2ccccc2)c1CC. The highest BCUT2D eigenvalue weighted by Gasteiger charge is 2.17. The van der Waals surface area contributed by atoms with Crippen molar-refractivity contribution >= 4 is 11.3 Å². The third-order valence-corrected chi connectivity index (χ3v) is 5.27. The number of benzene rings is 2. The van der Waals surface area contributed by atoms with Crippen LogP contribution in [-0.4, -0.2) is 0 Å². The molecule has 0 N–H and O–H groups in total. The Balaban J connectivity index is 2.21. The van der Waals surface area contributed by atoms with Crippen LogP contribution in [0.5, 0.6) is 0 Å². The van der Waals surface area contributed by atoms with Crippen LogP contribution in [0.15, 0.2) is 60.7 Å². The zero-order valence-electron chi connectivity index (χ0n) is 12.6. The quantitative estimate of drug-likeness (QED) is 0.536. The van der Waals surface area contributed by atoms with E-state index in [1.54, 1.807) is 0 Å². The summed E-state index contributed by atoms with van der Waals surface area (Å²) in [5, 5.41) is 0. The van der Waals surface area contributed by atoms with Crippen LogP contribution in [0.3, 0.4) is 0 Å². The van der Waals surface area contributed by atoms with Crippen LogP contribution >= 0.6 is 11.3 Å². The molecule has 0 atom stereocenters. The van der Waals surface area contributed by atoms with Gasteiger partial charge in [0, 0.05) is 9.75 Å². The molecule has 1 heterocycles. The third kappa shape index (κ3) is 2.66. The monoisotopic (exact) mass is 292 g/mol. The molecule has 21 heavy (non-hydrogen) atoms. The second-order valence-electron chi connectivity index (χ2n) is 5.16. The van der Waals surface area contributed by atoms with E-state index >= 15 is 0 Å². The second kappa shape index (κ2) is 6.28. The minimum absolute atomic E-state index is 1.09. The lowest BCUT2D eigenvalue weighted by molar-refractivity contribution is 1.06. The van der Waals surface area contributed by atoms with E-state index in [-0.39, 0.29) is 0 Å². The van der Waals surface area contributed by atoms with E-state index in [1.165, 1.54) is 32.0 Å². The Morgan fingerprint density at radius 2 is 1.00 bits per heavy atom. The number of rotatable bonds is 4. The van der Waals surface area contributed by atoms with Gasteiger partial charge in [-0.25, -0.2) is 0 Å². The lowest BCUT2D eigenvalue weighted by atomic mass is 9.98. The highest BCUT2D eigenvalue weighted by atomic mass is 32.1. The van der Waals surface area contributed by atoms with Crippen LogP contribution in [0.2, 0.25) is 0 Å². The molecule has 0 bridgehead atoms. The predicted octanol–water partition coefficient (Wildman–Crippen LogP) is 6.21. The Labute approximate surface area is 131 Å². The first-order chi connectivity index (χ1) is 10.3. The van der Waals surface area contributed by atoms with Crippen LogP contribution in [0.25, 0.3) is 20.9 Å². The summed E-state index contributed by atoms with van der Waals surface area (Å²) in [5.74, 6) is 0. The first kappa shape index (κ1) is 14.1. The molecular weight excluding hydrogens is 272 g/mol. The van der Waals surface area contributed by atoms with Crippen molar-refractivity contribution in [3.05, 3.63) is 71.8 Å². The van der Waals surface area contributed by atoms with Crippen molar-refractivity contribution in [1.82, 2.24) is 0 Å². The second-order valence-corrected chi connectivity index (χ2v) is 6.18. The summed E-state index contributed by atoms with van der Waals surface area (Å²) in [6.07, 6.45) is 2.19. The first-order valence-electron chi connectivity index (χ1n) is 7.60. The molecule has 3 rings (SSSR count). The summed E-state index contributed by atoms with van der Waals surface area (Å²) in [6.45, 7) is 4.53. The Hall–Kier alpha value is -1.86. The minimum atomic E-state index is 1.09. The van der Waals surface area contributed by atoms with Crippen LogP contribution < -0.4 is 0 Å². The van der Waals surface area contributed by atoms with E-state index in [4.69, 9.17) is 0 Å². The van der Waals surface area contributed by atoms with Gasteiger partial charge >= 0.3 is 0 Å². The predicted molar refractivity (Wildman–Crippen MR) is 93.9 cm³/mol. The zero-order valence-corrected chi connectivity index (χ0v) is 13.4. The van der Waals surface area contributed by atoms with Crippen LogP contribution in [0, 0.1) is 0 Å². The van der Waals surface area contributed by atoms with Gasteiger partial charge < -0.3 is 0 Å². The first-order valence-corrected chi connectivity index (χ1v) is 8.42. The third-order valence-electron chi connectivity index (χ3n) is 3.90. The average Bonchev–Trinajstić information content (AvgIpc) is 2.95. The molecule has 1 aromatic heterocycles. The highest BCUT2D eigenvalue weighted by molar-refractivity contribution is 7.19. The molecule has 0 aliphatic heterocycles. The normalized spacial score (nSPS) is 10.8. The van der Waals surface area contributed by atoms with Gasteiger partial charge in [0.1, 0.15) is 0 Å². The van der Waals surface area contributed by atoms with E-state index in [0.717, 1.165) is 12.8 Å². The van der Waals surface area contributed by atoms with Crippen LogP contribution in [0.4, 0.5) is 0 Å². The van der Waals surface area contributed by atoms with E-state index in [0.29, 0.717) is 0 Å². The number of hydrogen-bond donors (Lipinski definition) is 0. The smallest absolute Gasteiger partial charge is 0.0384 e. The maximum Gasteiger partial charge on any atom is 0.0384 e. The van der Waals surface area contributed by atoms with Gasteiger partial charge in [0.2, 0.25) is 0 Å². The van der Waals surface area contributed by atoms with Gasteiger partial charge in [-0.15, -0.1) is 11.3 Å². The molecule has 0 fully saturated rings. The van der Waals surface area contributed by atoms with Gasteiger partial charge in [-0.1, -0.05) is 74.5 Å². The number of hydrogen-bond acceptors (Lipinski definition) is 1. The average molecular weight is 292 g/mol. The Bertz CT molecular complexity index is 646. The summed E-state index contributed by atoms with van der Waals surface area (Å²) in [6, 6.07) is 21.6. The van der Waals surface area contributed by atoms with Crippen LogP contribution in [0.1, 0.15) is 25.0 Å². The topological polar surface area (TPSA) is 0 Å². The molecule has 1 heteroatoms. The van der Waals surface area contributed by atoms with Gasteiger partial charge in [-0.05, 0) is 35.1 Å². The van der Waals surface area contributed by atoms with E-state index in [9.17, 15) is 0 Å². The standard InChI is InChI=1S/C20H20S/c1-3-17-18(4-2)20(16-13-9-6-10-14-16)21-19(17)15-11-7-5-8-12-15/h5-14H,3-4H2,1-2H3. The Morgan fingerprint density at radius 1 is 0.619 bits per heavy atom. The molecule has 0 unspecified atom stereocenters. The molecule has 2 aromatic carbocycles. The maximum atomic E-state index is 2.27. The molecule has 0 nitrogen and oxygen atoms in total. The van der Waals surface area contributed by atoms with Crippen LogP contribution in [-0.2, 0) is 12.8 Å². The molecule has 3 aromatic rings. The molecule has 0 amide bonds. The van der Waals surface area contributed by atoms with E-state index in [2.05, 4.69) is 74.5 Å². The zero-order chi connectivity index (χ0) is 14.7. The highest BCUT2D eigenvalue weighted by Crippen LogP contribution is 2.42. The summed E-state index contributed by atoms with van der Waals surface area (Å²) in [7, 11) is 0. The molecule has 0 saturated carbocycles. The van der Waals surface area contributed by atoms with E-state index < -0.39 is 0 Å². The molecule has 0 aliphatic rings. The summed E-state index contributed by atoms with van der Waals surface area (Å²) < 4.78 is 0. The molecule has 0 aliphatic carbocycles. The molecular formula is C20H20S. The molecule has 106 valence electrons. The van der Waals surface area contributed by atoms with Gasteiger partial charge in [0.15, 0.2) is 0 Å². The van der Waals surface area contributed by atoms with Crippen molar-refractivity contribution in [2.75, 3.05) is 0 Å². The summed E-state index contributed by atoms with van der Waals surface area (Å²) in [4.78, 5) is 2.88. The largest absolute Gasteiger partial charge is 0.135 e. The van der Waals surface area contributed by atoms with Crippen molar-refractivity contribution in [3.63, 3.8) is 0 Å². The minimum Gasteiger partial charge on any atom is -0.135 e. The van der Waals surface area contributed by atoms with E-state index in [1.807, 2.05) is 11.3 Å². The lowest BCUT2D eigenvalue weighted by Gasteiger charge is -2.05. The molecule has 0 saturated heterocycles. The fourth-order valence-corrected chi connectivity index (χ4v) is 4.39. The van der Waals surface area contributed by atoms with Gasteiger partial charge in [-0.2, -0.15) is 0 Å². The van der Waals surface area contributed by atoms with Gasteiger partial charge in [-0.3, -0.25) is 0 Å². The Morgan fingerprint density at radius 3 is 1.33 bits per heavy atom. The molecule has 0 radical (unpaired) electrons. The fourth-order valence-electron chi connectivity index (χ4n) is 2.89. The van der Waals surface area contributed by atoms with Crippen molar-refractivity contribution < 1.29 is 0 Å². The fraction of sp³-hybridized carbons (Fsp3) is 0.200. The van der Waals surface area contributed by atoms with Gasteiger partial charge in [0.05, 0.1) is 0 Å². The van der Waals surface area contributed by atoms with Crippen molar-refractivity contribution in [1.29, 1.82) is 0 Å².